The number of nitrogens with one attached hydrogen (secondary N) is 1. The van der Waals surface area contributed by atoms with E-state index in [-0.39, 0.29) is 15.9 Å². The topological polar surface area (TPSA) is 83.5 Å². The van der Waals surface area contributed by atoms with Gasteiger partial charge in [-0.05, 0) is 56.5 Å². The fourth-order valence-corrected chi connectivity index (χ4v) is 5.04. The zero-order valence-electron chi connectivity index (χ0n) is 14.4. The van der Waals surface area contributed by atoms with Gasteiger partial charge in [-0.2, -0.15) is 0 Å². The van der Waals surface area contributed by atoms with Gasteiger partial charge < -0.3 is 4.90 Å². The van der Waals surface area contributed by atoms with Crippen LogP contribution < -0.4 is 4.72 Å². The highest BCUT2D eigenvalue weighted by molar-refractivity contribution is 7.94. The summed E-state index contributed by atoms with van der Waals surface area (Å²) in [6, 6.07) is 7.65. The monoisotopic (exact) mass is 392 g/mol. The molecule has 0 saturated carbocycles. The molecule has 0 spiro atoms. The minimum absolute atomic E-state index is 0.0847. The molecule has 0 radical (unpaired) electrons. The van der Waals surface area contributed by atoms with E-state index in [0.29, 0.717) is 16.8 Å². The van der Waals surface area contributed by atoms with Crippen LogP contribution in [-0.4, -0.2) is 38.1 Å². The van der Waals surface area contributed by atoms with Crippen molar-refractivity contribution in [2.75, 3.05) is 17.8 Å². The van der Waals surface area contributed by atoms with Gasteiger partial charge in [0.1, 0.15) is 4.21 Å². The first-order chi connectivity index (χ1) is 12.4. The zero-order chi connectivity index (χ0) is 18.7. The summed E-state index contributed by atoms with van der Waals surface area (Å²) in [6.45, 7) is 2.89. The molecule has 1 N–H and O–H groups in total. The van der Waals surface area contributed by atoms with E-state index in [1.54, 1.807) is 34.5 Å². The highest BCUT2D eigenvalue weighted by Crippen LogP contribution is 2.25. The molecule has 0 atom stereocenters. The van der Waals surface area contributed by atoms with Gasteiger partial charge in [-0.25, -0.2) is 8.42 Å². The molecule has 0 bridgehead atoms. The fourth-order valence-electron chi connectivity index (χ4n) is 2.83. The van der Waals surface area contributed by atoms with Gasteiger partial charge in [0.2, 0.25) is 0 Å². The molecule has 138 valence electrons. The quantitative estimate of drug-likeness (QED) is 0.791. The molecule has 0 aliphatic carbocycles. The second-order valence-electron chi connectivity index (χ2n) is 6.25. The molecule has 1 amide bonds. The number of Topliss-reactive ketones (excluding diaryl/α,β-unsaturated/α-hetero) is 1. The molecule has 2 heterocycles. The molecule has 1 aliphatic heterocycles. The first kappa shape index (κ1) is 18.6. The lowest BCUT2D eigenvalue weighted by Gasteiger charge is -2.26. The number of piperidine rings is 1. The summed E-state index contributed by atoms with van der Waals surface area (Å²) in [4.78, 5) is 25.5. The number of benzene rings is 1. The van der Waals surface area contributed by atoms with E-state index in [0.717, 1.165) is 43.7 Å². The molecule has 1 saturated heterocycles. The Bertz CT molecular complexity index is 911. The number of carbonyl (C=O) groups is 2. The summed E-state index contributed by atoms with van der Waals surface area (Å²) in [6.07, 6.45) is 3.09. The van der Waals surface area contributed by atoms with E-state index in [1.165, 1.54) is 13.0 Å². The van der Waals surface area contributed by atoms with Gasteiger partial charge in [0.05, 0.1) is 5.56 Å². The summed E-state index contributed by atoms with van der Waals surface area (Å²) in [5.41, 5.74) is 1.29. The van der Waals surface area contributed by atoms with Crippen LogP contribution in [0, 0.1) is 0 Å². The van der Waals surface area contributed by atoms with Crippen molar-refractivity contribution in [1.29, 1.82) is 0 Å². The molecule has 3 rings (SSSR count). The van der Waals surface area contributed by atoms with Crippen LogP contribution in [0.4, 0.5) is 5.69 Å². The summed E-state index contributed by atoms with van der Waals surface area (Å²) in [5, 5.41) is 1.59. The number of amides is 1. The zero-order valence-corrected chi connectivity index (χ0v) is 16.0. The summed E-state index contributed by atoms with van der Waals surface area (Å²) in [5.74, 6) is -0.202. The highest BCUT2D eigenvalue weighted by atomic mass is 32.2. The Kier molecular flexibility index (Phi) is 5.43. The van der Waals surface area contributed by atoms with Gasteiger partial charge in [-0.1, -0.05) is 0 Å². The van der Waals surface area contributed by atoms with E-state index < -0.39 is 10.0 Å². The molecule has 26 heavy (non-hydrogen) atoms. The van der Waals surface area contributed by atoms with E-state index in [2.05, 4.69) is 4.72 Å². The van der Waals surface area contributed by atoms with Crippen LogP contribution in [0.5, 0.6) is 0 Å². The third-order valence-electron chi connectivity index (χ3n) is 4.27. The normalized spacial score (nSPS) is 14.9. The molecule has 1 aromatic carbocycles. The van der Waals surface area contributed by atoms with Crippen molar-refractivity contribution in [1.82, 2.24) is 4.90 Å². The molecule has 1 fully saturated rings. The van der Waals surface area contributed by atoms with Crippen molar-refractivity contribution < 1.29 is 18.0 Å². The Morgan fingerprint density at radius 1 is 1.04 bits per heavy atom. The molecule has 0 unspecified atom stereocenters. The van der Waals surface area contributed by atoms with E-state index in [4.69, 9.17) is 0 Å². The lowest BCUT2D eigenvalue weighted by molar-refractivity contribution is 0.0724. The van der Waals surface area contributed by atoms with Crippen LogP contribution in [0.15, 0.2) is 39.9 Å². The molecule has 1 aliphatic rings. The number of thiophene rings is 1. The van der Waals surface area contributed by atoms with Crippen molar-refractivity contribution >= 4 is 38.7 Å². The van der Waals surface area contributed by atoms with Gasteiger partial charge in [0.15, 0.2) is 5.78 Å². The number of carbonyl (C=O) groups excluding carboxylic acids is 2. The van der Waals surface area contributed by atoms with E-state index in [1.807, 2.05) is 0 Å². The number of hydrogen-bond donors (Lipinski definition) is 1. The number of sulfonamides is 1. The maximum Gasteiger partial charge on any atom is 0.271 e. The maximum atomic E-state index is 12.5. The van der Waals surface area contributed by atoms with Gasteiger partial charge in [0, 0.05) is 29.7 Å². The number of likely N-dealkylation sites (tertiary alicyclic amines) is 1. The molecule has 1 aromatic heterocycles. The van der Waals surface area contributed by atoms with Crippen molar-refractivity contribution in [3.8, 4) is 0 Å². The van der Waals surface area contributed by atoms with Gasteiger partial charge in [0.25, 0.3) is 15.9 Å². The average Bonchev–Trinajstić information content (AvgIpc) is 3.13. The van der Waals surface area contributed by atoms with Gasteiger partial charge in [-0.15, -0.1) is 11.3 Å². The van der Waals surface area contributed by atoms with Crippen LogP contribution in [0.3, 0.4) is 0 Å². The molecular formula is C18H20N2O4S2. The summed E-state index contributed by atoms with van der Waals surface area (Å²) in [7, 11) is -3.78. The van der Waals surface area contributed by atoms with Crippen molar-refractivity contribution in [3.63, 3.8) is 0 Å². The molecule has 6 nitrogen and oxygen atoms in total. The average molecular weight is 393 g/mol. The SMILES string of the molecule is CC(=O)c1ccc(NS(=O)(=O)c2cc(C(=O)N3CCCCC3)cs2)cc1. The smallest absolute Gasteiger partial charge is 0.271 e. The molecular weight excluding hydrogens is 372 g/mol. The second kappa shape index (κ2) is 7.59. The van der Waals surface area contributed by atoms with E-state index >= 15 is 0 Å². The number of nitrogens with zero attached hydrogens (tertiary/aromatic N) is 1. The number of hydrogen-bond acceptors (Lipinski definition) is 5. The number of anilines is 1. The van der Waals surface area contributed by atoms with Crippen LogP contribution in [0.1, 0.15) is 46.9 Å². The number of ketones is 1. The Balaban J connectivity index is 1.74. The van der Waals surface area contributed by atoms with Crippen LogP contribution in [-0.2, 0) is 10.0 Å². The minimum atomic E-state index is -3.78. The minimum Gasteiger partial charge on any atom is -0.339 e. The highest BCUT2D eigenvalue weighted by Gasteiger charge is 2.23. The van der Waals surface area contributed by atoms with Gasteiger partial charge in [-0.3, -0.25) is 14.3 Å². The largest absolute Gasteiger partial charge is 0.339 e. The first-order valence-electron chi connectivity index (χ1n) is 8.38. The predicted molar refractivity (Wildman–Crippen MR) is 101 cm³/mol. The fraction of sp³-hybridized carbons (Fsp3) is 0.333. The maximum absolute atomic E-state index is 12.5. The predicted octanol–water partition coefficient (Wildman–Crippen LogP) is 3.38. The standard InChI is InChI=1S/C18H20N2O4S2/c1-13(21)14-5-7-16(8-6-14)19-26(23,24)17-11-15(12-25-17)18(22)20-9-3-2-4-10-20/h5-8,11-12,19H,2-4,9-10H2,1H3. The third kappa shape index (κ3) is 4.13. The lowest BCUT2D eigenvalue weighted by Crippen LogP contribution is -2.35. The van der Waals surface area contributed by atoms with Crippen LogP contribution in [0.2, 0.25) is 0 Å². The van der Waals surface area contributed by atoms with E-state index in [9.17, 15) is 18.0 Å². The van der Waals surface area contributed by atoms with Crippen LogP contribution >= 0.6 is 11.3 Å². The number of rotatable bonds is 5. The third-order valence-corrected chi connectivity index (χ3v) is 7.09. The summed E-state index contributed by atoms with van der Waals surface area (Å²) >= 11 is 1.02. The van der Waals surface area contributed by atoms with Crippen molar-refractivity contribution in [3.05, 3.63) is 46.8 Å². The molecule has 2 aromatic rings. The Labute approximate surface area is 156 Å². The van der Waals surface area contributed by atoms with Crippen molar-refractivity contribution in [2.24, 2.45) is 0 Å². The van der Waals surface area contributed by atoms with Gasteiger partial charge >= 0.3 is 0 Å². The van der Waals surface area contributed by atoms with Crippen LogP contribution in [0.25, 0.3) is 0 Å². The lowest BCUT2D eigenvalue weighted by atomic mass is 10.1. The molecule has 8 heteroatoms. The Morgan fingerprint density at radius 3 is 2.31 bits per heavy atom. The first-order valence-corrected chi connectivity index (χ1v) is 10.7. The Hall–Kier alpha value is -2.19. The van der Waals surface area contributed by atoms with Crippen molar-refractivity contribution in [2.45, 2.75) is 30.4 Å². The Morgan fingerprint density at radius 2 is 1.69 bits per heavy atom. The second-order valence-corrected chi connectivity index (χ2v) is 9.07. The summed E-state index contributed by atoms with van der Waals surface area (Å²) < 4.78 is 27.7.